The highest BCUT2D eigenvalue weighted by atomic mass is 16.5. The van der Waals surface area contributed by atoms with Gasteiger partial charge < -0.3 is 9.22 Å². The summed E-state index contributed by atoms with van der Waals surface area (Å²) in [5, 5.41) is 8.48. The number of morpholine rings is 1. The average Bonchev–Trinajstić information content (AvgIpc) is 1.89. The van der Waals surface area contributed by atoms with Crippen LogP contribution in [-0.2, 0) is 4.74 Å². The Labute approximate surface area is 61.4 Å². The molecule has 3 nitrogen and oxygen atoms in total. The maximum atomic E-state index is 8.48. The molecule has 1 aliphatic rings. The van der Waals surface area contributed by atoms with Crippen molar-refractivity contribution in [3.05, 3.63) is 0 Å². The number of hydrogen-bond acceptors (Lipinski definition) is 2. The Morgan fingerprint density at radius 3 is 2.60 bits per heavy atom. The van der Waals surface area contributed by atoms with E-state index in [2.05, 4.69) is 13.1 Å². The van der Waals surface area contributed by atoms with Gasteiger partial charge in [0.1, 0.15) is 19.2 Å². The summed E-state index contributed by atoms with van der Waals surface area (Å²) < 4.78 is 6.04. The molecular weight excluding hydrogens is 128 g/mol. The van der Waals surface area contributed by atoms with Gasteiger partial charge in [0, 0.05) is 0 Å². The number of ether oxygens (including phenoxy) is 1. The molecule has 10 heavy (non-hydrogen) atoms. The number of likely N-dealkylation sites (N-methyl/N-ethyl adjacent to an activating group) is 1. The second-order valence-electron chi connectivity index (χ2n) is 3.00. The van der Waals surface area contributed by atoms with Crippen molar-refractivity contribution in [2.75, 3.05) is 39.9 Å². The first-order chi connectivity index (χ1) is 4.77. The second kappa shape index (κ2) is 3.00. The number of rotatable bonds is 1. The highest BCUT2D eigenvalue weighted by Crippen LogP contribution is 2.05. The van der Waals surface area contributed by atoms with E-state index in [0.717, 1.165) is 30.8 Å². The Hall–Kier alpha value is -0.590. The summed E-state index contributed by atoms with van der Waals surface area (Å²) in [5.74, 6) is 0. The van der Waals surface area contributed by atoms with E-state index in [4.69, 9.17) is 10.00 Å². The molecule has 1 heterocycles. The van der Waals surface area contributed by atoms with E-state index in [1.54, 1.807) is 0 Å². The molecule has 0 N–H and O–H groups in total. The van der Waals surface area contributed by atoms with Crippen molar-refractivity contribution in [3.63, 3.8) is 0 Å². The fourth-order valence-electron chi connectivity index (χ4n) is 1.11. The molecule has 3 heteroatoms. The number of nitrogens with zero attached hydrogens (tertiary/aromatic N) is 2. The number of hydrogen-bond donors (Lipinski definition) is 0. The van der Waals surface area contributed by atoms with Crippen molar-refractivity contribution in [2.45, 2.75) is 0 Å². The lowest BCUT2D eigenvalue weighted by Gasteiger charge is -2.35. The summed E-state index contributed by atoms with van der Waals surface area (Å²) in [7, 11) is 2.10. The summed E-state index contributed by atoms with van der Waals surface area (Å²) in [6, 6.07) is 2.19. The monoisotopic (exact) mass is 141 g/mol. The molecular formula is C7H13N2O+. The average molecular weight is 141 g/mol. The summed E-state index contributed by atoms with van der Waals surface area (Å²) in [6.45, 7) is 4.18. The van der Waals surface area contributed by atoms with Crippen LogP contribution in [0, 0.1) is 11.3 Å². The predicted molar refractivity (Wildman–Crippen MR) is 37.2 cm³/mol. The maximum absolute atomic E-state index is 8.48. The fourth-order valence-corrected chi connectivity index (χ4v) is 1.11. The summed E-state index contributed by atoms with van der Waals surface area (Å²) in [5.41, 5.74) is 0. The van der Waals surface area contributed by atoms with Gasteiger partial charge >= 0.3 is 0 Å². The van der Waals surface area contributed by atoms with Crippen molar-refractivity contribution < 1.29 is 9.22 Å². The largest absolute Gasteiger partial charge is 0.370 e. The van der Waals surface area contributed by atoms with E-state index in [0.29, 0.717) is 6.54 Å². The van der Waals surface area contributed by atoms with E-state index in [1.807, 2.05) is 0 Å². The van der Waals surface area contributed by atoms with Crippen molar-refractivity contribution in [2.24, 2.45) is 0 Å². The molecule has 56 valence electrons. The first kappa shape index (κ1) is 7.52. The topological polar surface area (TPSA) is 33.0 Å². The molecule has 0 aromatic rings. The molecule has 0 radical (unpaired) electrons. The molecule has 0 aromatic heterocycles. The van der Waals surface area contributed by atoms with Crippen LogP contribution in [0.5, 0.6) is 0 Å². The van der Waals surface area contributed by atoms with Gasteiger partial charge in [-0.05, 0) is 0 Å². The van der Waals surface area contributed by atoms with E-state index in [1.165, 1.54) is 0 Å². The molecule has 0 aromatic carbocycles. The first-order valence-corrected chi connectivity index (χ1v) is 3.55. The lowest BCUT2D eigenvalue weighted by molar-refractivity contribution is -0.910. The predicted octanol–water partition coefficient (Wildman–Crippen LogP) is -0.0132. The van der Waals surface area contributed by atoms with Gasteiger partial charge in [0.2, 0.25) is 0 Å². The molecule has 0 spiro atoms. The number of quaternary nitrogens is 1. The second-order valence-corrected chi connectivity index (χ2v) is 3.00. The molecule has 0 unspecified atom stereocenters. The van der Waals surface area contributed by atoms with Crippen LogP contribution in [0.25, 0.3) is 0 Å². The molecule has 0 saturated carbocycles. The van der Waals surface area contributed by atoms with E-state index in [9.17, 15) is 0 Å². The van der Waals surface area contributed by atoms with Gasteiger partial charge in [0.25, 0.3) is 0 Å². The zero-order chi connectivity index (χ0) is 7.45. The van der Waals surface area contributed by atoms with Crippen LogP contribution >= 0.6 is 0 Å². The molecule has 1 aliphatic heterocycles. The smallest absolute Gasteiger partial charge is 0.166 e. The van der Waals surface area contributed by atoms with Crippen LogP contribution in [0.2, 0.25) is 0 Å². The van der Waals surface area contributed by atoms with Crippen molar-refractivity contribution in [1.29, 1.82) is 5.26 Å². The lowest BCUT2D eigenvalue weighted by atomic mass is 10.3. The van der Waals surface area contributed by atoms with Crippen LogP contribution in [0.1, 0.15) is 0 Å². The molecule has 0 aliphatic carbocycles. The first-order valence-electron chi connectivity index (χ1n) is 3.55. The fraction of sp³-hybridized carbons (Fsp3) is 0.857. The SMILES string of the molecule is C[N+]1(CC#N)CCOCC1. The van der Waals surface area contributed by atoms with Crippen molar-refractivity contribution >= 4 is 0 Å². The van der Waals surface area contributed by atoms with Crippen LogP contribution < -0.4 is 0 Å². The lowest BCUT2D eigenvalue weighted by Crippen LogP contribution is -2.51. The Kier molecular flexibility index (Phi) is 2.25. The maximum Gasteiger partial charge on any atom is 0.166 e. The van der Waals surface area contributed by atoms with Gasteiger partial charge in [-0.25, -0.2) is 0 Å². The Morgan fingerprint density at radius 1 is 1.50 bits per heavy atom. The molecule has 1 saturated heterocycles. The molecule has 1 rings (SSSR count). The number of nitriles is 1. The summed E-state index contributed by atoms with van der Waals surface area (Å²) in [6.07, 6.45) is 0. The van der Waals surface area contributed by atoms with E-state index >= 15 is 0 Å². The van der Waals surface area contributed by atoms with Gasteiger partial charge in [-0.2, -0.15) is 5.26 Å². The zero-order valence-electron chi connectivity index (χ0n) is 6.34. The highest BCUT2D eigenvalue weighted by molar-refractivity contribution is 4.68. The Balaban J connectivity index is 2.42. The zero-order valence-corrected chi connectivity index (χ0v) is 6.34. The summed E-state index contributed by atoms with van der Waals surface area (Å²) >= 11 is 0. The third-order valence-corrected chi connectivity index (χ3v) is 2.00. The van der Waals surface area contributed by atoms with Gasteiger partial charge in [0.05, 0.1) is 20.3 Å². The summed E-state index contributed by atoms with van der Waals surface area (Å²) in [4.78, 5) is 0. The highest BCUT2D eigenvalue weighted by Gasteiger charge is 2.23. The van der Waals surface area contributed by atoms with Crippen LogP contribution in [0.15, 0.2) is 0 Å². The standard InChI is InChI=1S/C7H13N2O/c1-9(3-2-8)4-6-10-7-5-9/h3-7H2,1H3/q+1. The molecule has 1 fully saturated rings. The molecule has 0 amide bonds. The quantitative estimate of drug-likeness (QED) is 0.380. The minimum atomic E-state index is 0.614. The minimum absolute atomic E-state index is 0.614. The van der Waals surface area contributed by atoms with Crippen molar-refractivity contribution in [1.82, 2.24) is 0 Å². The van der Waals surface area contributed by atoms with Gasteiger partial charge in [-0.1, -0.05) is 0 Å². The Morgan fingerprint density at radius 2 is 2.10 bits per heavy atom. The van der Waals surface area contributed by atoms with Gasteiger partial charge in [0.15, 0.2) is 6.54 Å². The van der Waals surface area contributed by atoms with Gasteiger partial charge in [-0.15, -0.1) is 0 Å². The van der Waals surface area contributed by atoms with E-state index in [-0.39, 0.29) is 0 Å². The Bertz CT molecular complexity index is 144. The van der Waals surface area contributed by atoms with Gasteiger partial charge in [-0.3, -0.25) is 0 Å². The third-order valence-electron chi connectivity index (χ3n) is 2.00. The molecule has 0 bridgehead atoms. The normalized spacial score (nSPS) is 23.6. The van der Waals surface area contributed by atoms with Crippen molar-refractivity contribution in [3.8, 4) is 6.07 Å². The van der Waals surface area contributed by atoms with Crippen LogP contribution in [0.3, 0.4) is 0 Å². The van der Waals surface area contributed by atoms with Crippen LogP contribution in [0.4, 0.5) is 0 Å². The molecule has 0 atom stereocenters. The minimum Gasteiger partial charge on any atom is -0.370 e. The van der Waals surface area contributed by atoms with E-state index < -0.39 is 0 Å². The third kappa shape index (κ3) is 1.69. The van der Waals surface area contributed by atoms with Crippen LogP contribution in [-0.4, -0.2) is 44.4 Å².